The minimum Gasteiger partial charge on any atom is -0.316 e. The van der Waals surface area contributed by atoms with Gasteiger partial charge in [-0.1, -0.05) is 20.3 Å². The minimum absolute atomic E-state index is 0.465. The van der Waals surface area contributed by atoms with E-state index in [-0.39, 0.29) is 0 Å². The van der Waals surface area contributed by atoms with E-state index in [1.165, 1.54) is 6.42 Å². The number of Topliss-reactive ketones (excluding diaryl/α,β-unsaturated/α-hetero) is 1. The summed E-state index contributed by atoms with van der Waals surface area (Å²) in [7, 11) is 0. The number of hydrogen-bond acceptors (Lipinski definition) is 2. The molecule has 0 bridgehead atoms. The maximum atomic E-state index is 11.4. The first kappa shape index (κ1) is 10.7. The Morgan fingerprint density at radius 3 is 2.62 bits per heavy atom. The summed E-state index contributed by atoms with van der Waals surface area (Å²) in [5, 5.41) is 3.19. The van der Waals surface area contributed by atoms with Crippen LogP contribution >= 0.6 is 0 Å². The second-order valence-corrected chi connectivity index (χ2v) is 4.55. The van der Waals surface area contributed by atoms with Gasteiger partial charge in [0.1, 0.15) is 5.78 Å². The first-order valence-corrected chi connectivity index (χ1v) is 5.41. The summed E-state index contributed by atoms with van der Waals surface area (Å²) in [4.78, 5) is 11.4. The van der Waals surface area contributed by atoms with Crippen molar-refractivity contribution < 1.29 is 4.79 Å². The van der Waals surface area contributed by atoms with Crippen molar-refractivity contribution in [2.24, 2.45) is 11.8 Å². The molecular weight excluding hydrogens is 162 g/mol. The molecule has 0 aromatic heterocycles. The standard InChI is InChI=1S/C11H21NO/c1-9(2)4-3-5-11(13)6-10-7-12-8-10/h9-10,12H,3-8H2,1-2H3. The Hall–Kier alpha value is -0.370. The van der Waals surface area contributed by atoms with Crippen LogP contribution in [0.15, 0.2) is 0 Å². The summed E-state index contributed by atoms with van der Waals surface area (Å²) in [6, 6.07) is 0. The first-order valence-electron chi connectivity index (χ1n) is 5.41. The fourth-order valence-electron chi connectivity index (χ4n) is 1.62. The van der Waals surface area contributed by atoms with Crippen LogP contribution in [0.1, 0.15) is 39.5 Å². The van der Waals surface area contributed by atoms with Crippen LogP contribution in [0, 0.1) is 11.8 Å². The number of rotatable bonds is 6. The predicted octanol–water partition coefficient (Wildman–Crippen LogP) is 1.99. The SMILES string of the molecule is CC(C)CCCC(=O)CC1CNC1. The van der Waals surface area contributed by atoms with Crippen molar-refractivity contribution >= 4 is 5.78 Å². The average Bonchev–Trinajstić information content (AvgIpc) is 1.96. The third-order valence-corrected chi connectivity index (χ3v) is 2.62. The van der Waals surface area contributed by atoms with E-state index in [2.05, 4.69) is 19.2 Å². The molecule has 76 valence electrons. The zero-order valence-electron chi connectivity index (χ0n) is 8.81. The second-order valence-electron chi connectivity index (χ2n) is 4.55. The smallest absolute Gasteiger partial charge is 0.133 e. The van der Waals surface area contributed by atoms with E-state index in [0.717, 1.165) is 38.3 Å². The van der Waals surface area contributed by atoms with E-state index in [4.69, 9.17) is 0 Å². The van der Waals surface area contributed by atoms with Gasteiger partial charge in [-0.05, 0) is 31.3 Å². The van der Waals surface area contributed by atoms with E-state index in [9.17, 15) is 4.79 Å². The number of ketones is 1. The number of carbonyl (C=O) groups is 1. The summed E-state index contributed by atoms with van der Waals surface area (Å²) >= 11 is 0. The molecule has 0 saturated carbocycles. The average molecular weight is 183 g/mol. The van der Waals surface area contributed by atoms with Crippen LogP contribution in [0.5, 0.6) is 0 Å². The van der Waals surface area contributed by atoms with Crippen molar-refractivity contribution in [3.8, 4) is 0 Å². The Balaban J connectivity index is 1.97. The zero-order chi connectivity index (χ0) is 9.68. The van der Waals surface area contributed by atoms with E-state index in [1.54, 1.807) is 0 Å². The van der Waals surface area contributed by atoms with Gasteiger partial charge in [0.05, 0.1) is 0 Å². The molecule has 1 N–H and O–H groups in total. The lowest BCUT2D eigenvalue weighted by Gasteiger charge is -2.26. The summed E-state index contributed by atoms with van der Waals surface area (Å²) in [6.45, 7) is 6.52. The molecule has 0 atom stereocenters. The van der Waals surface area contributed by atoms with Crippen LogP contribution in [-0.4, -0.2) is 18.9 Å². The Kier molecular flexibility index (Phi) is 4.43. The van der Waals surface area contributed by atoms with Crippen LogP contribution in [0.25, 0.3) is 0 Å². The van der Waals surface area contributed by atoms with Gasteiger partial charge in [0.25, 0.3) is 0 Å². The van der Waals surface area contributed by atoms with E-state index < -0.39 is 0 Å². The number of hydrogen-bond donors (Lipinski definition) is 1. The lowest BCUT2D eigenvalue weighted by molar-refractivity contribution is -0.120. The van der Waals surface area contributed by atoms with Gasteiger partial charge in [0, 0.05) is 12.8 Å². The highest BCUT2D eigenvalue weighted by Crippen LogP contribution is 2.13. The van der Waals surface area contributed by atoms with Gasteiger partial charge < -0.3 is 5.32 Å². The predicted molar refractivity (Wildman–Crippen MR) is 54.7 cm³/mol. The monoisotopic (exact) mass is 183 g/mol. The maximum absolute atomic E-state index is 11.4. The quantitative estimate of drug-likeness (QED) is 0.682. The fraction of sp³-hybridized carbons (Fsp3) is 0.909. The molecule has 2 nitrogen and oxygen atoms in total. The first-order chi connectivity index (χ1) is 6.18. The highest BCUT2D eigenvalue weighted by atomic mass is 16.1. The van der Waals surface area contributed by atoms with Gasteiger partial charge in [0.15, 0.2) is 0 Å². The topological polar surface area (TPSA) is 29.1 Å². The highest BCUT2D eigenvalue weighted by Gasteiger charge is 2.19. The Morgan fingerprint density at radius 2 is 2.15 bits per heavy atom. The normalized spacial score (nSPS) is 17.5. The van der Waals surface area contributed by atoms with Crippen LogP contribution in [0.3, 0.4) is 0 Å². The molecule has 0 spiro atoms. The van der Waals surface area contributed by atoms with Gasteiger partial charge in [-0.15, -0.1) is 0 Å². The Morgan fingerprint density at radius 1 is 1.46 bits per heavy atom. The molecule has 0 aromatic rings. The van der Waals surface area contributed by atoms with Crippen molar-refractivity contribution in [3.63, 3.8) is 0 Å². The molecular formula is C11H21NO. The zero-order valence-corrected chi connectivity index (χ0v) is 8.81. The van der Waals surface area contributed by atoms with Crippen molar-refractivity contribution in [1.29, 1.82) is 0 Å². The van der Waals surface area contributed by atoms with Gasteiger partial charge in [-0.2, -0.15) is 0 Å². The summed E-state index contributed by atoms with van der Waals surface area (Å²) < 4.78 is 0. The van der Waals surface area contributed by atoms with Crippen molar-refractivity contribution in [2.45, 2.75) is 39.5 Å². The summed E-state index contributed by atoms with van der Waals surface area (Å²) in [5.74, 6) is 1.84. The molecule has 0 unspecified atom stereocenters. The van der Waals surface area contributed by atoms with Crippen molar-refractivity contribution in [1.82, 2.24) is 5.32 Å². The van der Waals surface area contributed by atoms with Crippen molar-refractivity contribution in [2.75, 3.05) is 13.1 Å². The molecule has 1 aliphatic heterocycles. The van der Waals surface area contributed by atoms with E-state index in [0.29, 0.717) is 11.7 Å². The lowest BCUT2D eigenvalue weighted by atomic mass is 9.94. The van der Waals surface area contributed by atoms with Gasteiger partial charge >= 0.3 is 0 Å². The van der Waals surface area contributed by atoms with E-state index in [1.807, 2.05) is 0 Å². The molecule has 1 heterocycles. The molecule has 1 aliphatic rings. The fourth-order valence-corrected chi connectivity index (χ4v) is 1.62. The third kappa shape index (κ3) is 4.41. The van der Waals surface area contributed by atoms with Crippen LogP contribution in [0.4, 0.5) is 0 Å². The molecule has 1 rings (SSSR count). The molecule has 2 heteroatoms. The number of nitrogens with one attached hydrogen (secondary N) is 1. The molecule has 0 aliphatic carbocycles. The van der Waals surface area contributed by atoms with E-state index >= 15 is 0 Å². The van der Waals surface area contributed by atoms with Crippen molar-refractivity contribution in [3.05, 3.63) is 0 Å². The molecule has 1 saturated heterocycles. The molecule has 0 amide bonds. The van der Waals surface area contributed by atoms with Gasteiger partial charge in [-0.3, -0.25) is 4.79 Å². The van der Waals surface area contributed by atoms with Crippen LogP contribution in [0.2, 0.25) is 0 Å². The lowest BCUT2D eigenvalue weighted by Crippen LogP contribution is -2.42. The minimum atomic E-state index is 0.465. The maximum Gasteiger partial charge on any atom is 0.133 e. The second kappa shape index (κ2) is 5.38. The summed E-state index contributed by atoms with van der Waals surface area (Å²) in [5.41, 5.74) is 0. The highest BCUT2D eigenvalue weighted by molar-refractivity contribution is 5.78. The van der Waals surface area contributed by atoms with Gasteiger partial charge in [-0.25, -0.2) is 0 Å². The number of carbonyl (C=O) groups excluding carboxylic acids is 1. The molecule has 0 aromatic carbocycles. The molecule has 0 radical (unpaired) electrons. The Bertz CT molecular complexity index is 161. The largest absolute Gasteiger partial charge is 0.316 e. The van der Waals surface area contributed by atoms with Gasteiger partial charge in [0.2, 0.25) is 0 Å². The molecule has 13 heavy (non-hydrogen) atoms. The van der Waals surface area contributed by atoms with Crippen LogP contribution < -0.4 is 5.32 Å². The Labute approximate surface area is 81.1 Å². The summed E-state index contributed by atoms with van der Waals surface area (Å²) in [6.07, 6.45) is 3.88. The molecule has 1 fully saturated rings. The van der Waals surface area contributed by atoms with Crippen LogP contribution in [-0.2, 0) is 4.79 Å². The third-order valence-electron chi connectivity index (χ3n) is 2.62.